The summed E-state index contributed by atoms with van der Waals surface area (Å²) in [5.41, 5.74) is 1.91. The Kier molecular flexibility index (Phi) is 6.52. The largest absolute Gasteiger partial charge is 0.464 e. The van der Waals surface area contributed by atoms with Crippen molar-refractivity contribution in [3.8, 4) is 0 Å². The van der Waals surface area contributed by atoms with E-state index in [0.29, 0.717) is 11.1 Å². The zero-order valence-electron chi connectivity index (χ0n) is 15.4. The van der Waals surface area contributed by atoms with E-state index in [1.165, 1.54) is 20.1 Å². The van der Waals surface area contributed by atoms with Crippen LogP contribution in [0.15, 0.2) is 59.1 Å². The number of benzene rings is 2. The van der Waals surface area contributed by atoms with Gasteiger partial charge >= 0.3 is 5.97 Å². The molecule has 2 aromatic rings. The molecule has 0 radical (unpaired) electrons. The average Bonchev–Trinajstić information content (AvgIpc) is 2.61. The molecule has 0 unspecified atom stereocenters. The van der Waals surface area contributed by atoms with E-state index in [4.69, 9.17) is 0 Å². The summed E-state index contributed by atoms with van der Waals surface area (Å²) in [6, 6.07) is 13.4. The Morgan fingerprint density at radius 3 is 2.30 bits per heavy atom. The van der Waals surface area contributed by atoms with Gasteiger partial charge in [-0.1, -0.05) is 42.0 Å². The van der Waals surface area contributed by atoms with E-state index in [1.54, 1.807) is 48.5 Å². The van der Waals surface area contributed by atoms with Crippen LogP contribution in [0.1, 0.15) is 23.6 Å². The lowest BCUT2D eigenvalue weighted by molar-refractivity contribution is -0.137. The molecule has 0 spiro atoms. The first kappa shape index (κ1) is 20.4. The Morgan fingerprint density at radius 2 is 1.70 bits per heavy atom. The Labute approximate surface area is 158 Å². The third-order valence-electron chi connectivity index (χ3n) is 3.80. The number of sulfone groups is 1. The SMILES string of the molecule is COC(=O)/C(=C\c1ccccc1CS(=O)(=O)c1ccc(C)cc1)NC(C)=O. The van der Waals surface area contributed by atoms with E-state index < -0.39 is 21.7 Å². The highest BCUT2D eigenvalue weighted by molar-refractivity contribution is 7.90. The molecule has 6 nitrogen and oxygen atoms in total. The maximum absolute atomic E-state index is 12.7. The molecule has 2 rings (SSSR count). The van der Waals surface area contributed by atoms with Crippen LogP contribution in [0.3, 0.4) is 0 Å². The summed E-state index contributed by atoms with van der Waals surface area (Å²) in [7, 11) is -2.37. The third-order valence-corrected chi connectivity index (χ3v) is 5.48. The molecule has 0 atom stereocenters. The van der Waals surface area contributed by atoms with E-state index in [1.807, 2.05) is 6.92 Å². The first-order valence-electron chi connectivity index (χ1n) is 8.18. The highest BCUT2D eigenvalue weighted by Gasteiger charge is 2.18. The minimum absolute atomic E-state index is 0.0646. The second-order valence-corrected chi connectivity index (χ2v) is 7.99. The lowest BCUT2D eigenvalue weighted by Gasteiger charge is -2.10. The molecule has 142 valence electrons. The average molecular weight is 387 g/mol. The van der Waals surface area contributed by atoms with Crippen molar-refractivity contribution < 1.29 is 22.7 Å². The fourth-order valence-corrected chi connectivity index (χ4v) is 3.83. The minimum atomic E-state index is -3.57. The monoisotopic (exact) mass is 387 g/mol. The zero-order valence-corrected chi connectivity index (χ0v) is 16.2. The van der Waals surface area contributed by atoms with Crippen molar-refractivity contribution in [1.82, 2.24) is 5.32 Å². The molecular formula is C20H21NO5S. The number of aryl methyl sites for hydroxylation is 1. The topological polar surface area (TPSA) is 89.5 Å². The molecule has 0 aliphatic heterocycles. The first-order valence-corrected chi connectivity index (χ1v) is 9.83. The van der Waals surface area contributed by atoms with E-state index in [-0.39, 0.29) is 16.3 Å². The van der Waals surface area contributed by atoms with Crippen LogP contribution in [0, 0.1) is 6.92 Å². The molecule has 2 aromatic carbocycles. The van der Waals surface area contributed by atoms with Gasteiger partial charge < -0.3 is 10.1 Å². The van der Waals surface area contributed by atoms with Gasteiger partial charge in [0.2, 0.25) is 5.91 Å². The lowest BCUT2D eigenvalue weighted by Crippen LogP contribution is -2.25. The molecule has 27 heavy (non-hydrogen) atoms. The van der Waals surface area contributed by atoms with E-state index in [2.05, 4.69) is 10.1 Å². The lowest BCUT2D eigenvalue weighted by atomic mass is 10.1. The van der Waals surface area contributed by atoms with Crippen LogP contribution in [0.4, 0.5) is 0 Å². The van der Waals surface area contributed by atoms with Crippen molar-refractivity contribution in [3.05, 3.63) is 70.9 Å². The normalized spacial score (nSPS) is 11.7. The molecule has 0 fully saturated rings. The number of rotatable bonds is 6. The van der Waals surface area contributed by atoms with Gasteiger partial charge in [0.15, 0.2) is 9.84 Å². The Bertz CT molecular complexity index is 976. The van der Waals surface area contributed by atoms with Crippen molar-refractivity contribution >= 4 is 27.8 Å². The second kappa shape index (κ2) is 8.64. The highest BCUT2D eigenvalue weighted by atomic mass is 32.2. The van der Waals surface area contributed by atoms with Crippen LogP contribution >= 0.6 is 0 Å². The standard InChI is InChI=1S/C20H21NO5S/c1-14-8-10-18(11-9-14)27(24,25)13-17-7-5-4-6-16(17)12-19(20(23)26-3)21-15(2)22/h4-12H,13H2,1-3H3,(H,21,22)/b19-12+. The van der Waals surface area contributed by atoms with E-state index in [0.717, 1.165) is 5.56 Å². The van der Waals surface area contributed by atoms with Gasteiger partial charge in [0, 0.05) is 6.92 Å². The van der Waals surface area contributed by atoms with Crippen LogP contribution in [0.25, 0.3) is 6.08 Å². The zero-order chi connectivity index (χ0) is 20.0. The Balaban J connectivity index is 2.42. The van der Waals surface area contributed by atoms with Crippen molar-refractivity contribution in [2.24, 2.45) is 0 Å². The van der Waals surface area contributed by atoms with Crippen LogP contribution in [0.5, 0.6) is 0 Å². The first-order chi connectivity index (χ1) is 12.7. The van der Waals surface area contributed by atoms with Crippen molar-refractivity contribution in [3.63, 3.8) is 0 Å². The summed E-state index contributed by atoms with van der Waals surface area (Å²) in [4.78, 5) is 23.4. The molecule has 0 aliphatic carbocycles. The van der Waals surface area contributed by atoms with Gasteiger partial charge in [-0.25, -0.2) is 13.2 Å². The molecule has 1 N–H and O–H groups in total. The molecule has 0 saturated heterocycles. The number of carbonyl (C=O) groups excluding carboxylic acids is 2. The number of methoxy groups -OCH3 is 1. The number of ether oxygens (including phenoxy) is 1. The minimum Gasteiger partial charge on any atom is -0.464 e. The summed E-state index contributed by atoms with van der Waals surface area (Å²) in [6.45, 7) is 3.15. The number of hydrogen-bond acceptors (Lipinski definition) is 5. The van der Waals surface area contributed by atoms with Gasteiger partial charge in [0.25, 0.3) is 0 Å². The van der Waals surface area contributed by atoms with Crippen LogP contribution in [-0.2, 0) is 29.9 Å². The molecule has 0 aromatic heterocycles. The van der Waals surface area contributed by atoms with E-state index >= 15 is 0 Å². The number of esters is 1. The maximum Gasteiger partial charge on any atom is 0.354 e. The van der Waals surface area contributed by atoms with Crippen molar-refractivity contribution in [1.29, 1.82) is 0 Å². The summed E-state index contributed by atoms with van der Waals surface area (Å²) >= 11 is 0. The molecule has 0 bridgehead atoms. The molecular weight excluding hydrogens is 366 g/mol. The van der Waals surface area contributed by atoms with Crippen LogP contribution in [0.2, 0.25) is 0 Å². The van der Waals surface area contributed by atoms with Crippen LogP contribution < -0.4 is 5.32 Å². The van der Waals surface area contributed by atoms with E-state index in [9.17, 15) is 18.0 Å². The van der Waals surface area contributed by atoms with Crippen molar-refractivity contribution in [2.45, 2.75) is 24.5 Å². The molecule has 0 heterocycles. The highest BCUT2D eigenvalue weighted by Crippen LogP contribution is 2.21. The van der Waals surface area contributed by atoms with Gasteiger partial charge in [-0.2, -0.15) is 0 Å². The molecule has 1 amide bonds. The molecule has 0 saturated carbocycles. The van der Waals surface area contributed by atoms with Gasteiger partial charge in [-0.05, 0) is 36.3 Å². The fraction of sp³-hybridized carbons (Fsp3) is 0.200. The summed E-state index contributed by atoms with van der Waals surface area (Å²) in [5, 5.41) is 2.41. The second-order valence-electron chi connectivity index (χ2n) is 6.00. The Hall–Kier alpha value is -2.93. The van der Waals surface area contributed by atoms with Gasteiger partial charge in [-0.3, -0.25) is 4.79 Å². The molecule has 7 heteroatoms. The summed E-state index contributed by atoms with van der Waals surface area (Å²) in [6.07, 6.45) is 1.41. The number of nitrogens with one attached hydrogen (secondary N) is 1. The number of hydrogen-bond donors (Lipinski definition) is 1. The maximum atomic E-state index is 12.7. The number of amides is 1. The predicted molar refractivity (Wildman–Crippen MR) is 102 cm³/mol. The Morgan fingerprint density at radius 1 is 1.07 bits per heavy atom. The van der Waals surface area contributed by atoms with Crippen molar-refractivity contribution in [2.75, 3.05) is 7.11 Å². The van der Waals surface area contributed by atoms with Gasteiger partial charge in [0.05, 0.1) is 17.8 Å². The number of carbonyl (C=O) groups is 2. The smallest absolute Gasteiger partial charge is 0.354 e. The predicted octanol–water partition coefficient (Wildman–Crippen LogP) is 2.62. The quantitative estimate of drug-likeness (QED) is 0.608. The van der Waals surface area contributed by atoms with Crippen LogP contribution in [-0.4, -0.2) is 27.4 Å². The fourth-order valence-electron chi connectivity index (χ4n) is 2.44. The summed E-state index contributed by atoms with van der Waals surface area (Å²) < 4.78 is 30.1. The van der Waals surface area contributed by atoms with Gasteiger partial charge in [-0.15, -0.1) is 0 Å². The third kappa shape index (κ3) is 5.52. The molecule has 0 aliphatic rings. The summed E-state index contributed by atoms with van der Waals surface area (Å²) in [5.74, 6) is -1.39. The van der Waals surface area contributed by atoms with Gasteiger partial charge in [0.1, 0.15) is 5.70 Å².